The minimum atomic E-state index is -1.42. The van der Waals surface area contributed by atoms with Crippen LogP contribution >= 0.6 is 0 Å². The van der Waals surface area contributed by atoms with Gasteiger partial charge in [-0.25, -0.2) is 14.5 Å². The fraction of sp³-hybridized carbons (Fsp3) is 0.400. The third-order valence-corrected chi connectivity index (χ3v) is 3.57. The maximum absolute atomic E-state index is 12.1. The van der Waals surface area contributed by atoms with Crippen molar-refractivity contribution in [1.29, 1.82) is 0 Å². The van der Waals surface area contributed by atoms with Gasteiger partial charge in [-0.15, -0.1) is 0 Å². The van der Waals surface area contributed by atoms with E-state index in [-0.39, 0.29) is 19.6 Å². The van der Waals surface area contributed by atoms with Crippen LogP contribution in [0.4, 0.5) is 9.59 Å². The van der Waals surface area contributed by atoms with Crippen molar-refractivity contribution >= 4 is 18.2 Å². The van der Waals surface area contributed by atoms with E-state index in [4.69, 9.17) is 4.74 Å². The molecule has 2 N–H and O–H groups in total. The number of imide groups is 1. The highest BCUT2D eigenvalue weighted by Gasteiger charge is 2.39. The highest BCUT2D eigenvalue weighted by Crippen LogP contribution is 2.17. The van der Waals surface area contributed by atoms with E-state index in [1.807, 2.05) is 6.07 Å². The van der Waals surface area contributed by atoms with Crippen LogP contribution in [0.15, 0.2) is 30.3 Å². The van der Waals surface area contributed by atoms with E-state index in [9.17, 15) is 19.5 Å². The van der Waals surface area contributed by atoms with E-state index >= 15 is 0 Å². The number of esters is 1. The number of ether oxygens (including phenoxy) is 2. The van der Waals surface area contributed by atoms with Crippen molar-refractivity contribution in [3.63, 3.8) is 0 Å². The number of carboxylic acid groups (broad SMARTS) is 1. The van der Waals surface area contributed by atoms with E-state index < -0.39 is 30.2 Å². The summed E-state index contributed by atoms with van der Waals surface area (Å²) in [5.74, 6) is -0.490. The second-order valence-corrected chi connectivity index (χ2v) is 5.07. The molecular weight excluding hydrogens is 304 g/mol. The van der Waals surface area contributed by atoms with Crippen LogP contribution in [0.25, 0.3) is 0 Å². The molecule has 0 saturated carbocycles. The Morgan fingerprint density at radius 1 is 1.30 bits per heavy atom. The van der Waals surface area contributed by atoms with Gasteiger partial charge >= 0.3 is 18.2 Å². The lowest BCUT2D eigenvalue weighted by Crippen LogP contribution is -2.45. The van der Waals surface area contributed by atoms with Gasteiger partial charge in [0.25, 0.3) is 0 Å². The van der Waals surface area contributed by atoms with Crippen LogP contribution in [0.3, 0.4) is 0 Å². The summed E-state index contributed by atoms with van der Waals surface area (Å²) < 4.78 is 9.65. The predicted octanol–water partition coefficient (Wildman–Crippen LogP) is 1.21. The van der Waals surface area contributed by atoms with Crippen molar-refractivity contribution in [2.24, 2.45) is 0 Å². The Labute approximate surface area is 133 Å². The molecular formula is C15H18N2O6. The van der Waals surface area contributed by atoms with Crippen LogP contribution in [0, 0.1) is 0 Å². The quantitative estimate of drug-likeness (QED) is 0.803. The first-order chi connectivity index (χ1) is 11.0. The molecule has 124 valence electrons. The molecule has 8 nitrogen and oxygen atoms in total. The van der Waals surface area contributed by atoms with Crippen LogP contribution in [0.1, 0.15) is 12.0 Å². The van der Waals surface area contributed by atoms with Crippen molar-refractivity contribution < 1.29 is 29.0 Å². The molecule has 0 radical (unpaired) electrons. The number of nitrogens with one attached hydrogen (secondary N) is 1. The third-order valence-electron chi connectivity index (χ3n) is 3.57. The zero-order valence-corrected chi connectivity index (χ0v) is 12.6. The summed E-state index contributed by atoms with van der Waals surface area (Å²) >= 11 is 0. The van der Waals surface area contributed by atoms with Crippen molar-refractivity contribution in [3.05, 3.63) is 35.9 Å². The largest absolute Gasteiger partial charge is 0.468 e. The van der Waals surface area contributed by atoms with Crippen LogP contribution in [0.2, 0.25) is 0 Å². The number of nitrogens with zero attached hydrogens (tertiary/aromatic N) is 1. The summed E-state index contributed by atoms with van der Waals surface area (Å²) in [6.45, 7) is 0.149. The normalized spacial score (nSPS) is 19.9. The van der Waals surface area contributed by atoms with Crippen molar-refractivity contribution in [2.45, 2.75) is 25.1 Å². The fourth-order valence-corrected chi connectivity index (χ4v) is 2.41. The number of hydrogen-bond donors (Lipinski definition) is 2. The van der Waals surface area contributed by atoms with Crippen LogP contribution in [-0.2, 0) is 20.9 Å². The predicted molar refractivity (Wildman–Crippen MR) is 78.7 cm³/mol. The van der Waals surface area contributed by atoms with E-state index in [0.29, 0.717) is 4.90 Å². The lowest BCUT2D eigenvalue weighted by atomic mass is 10.1. The number of carbonyl (C=O) groups excluding carboxylic acids is 2. The average molecular weight is 322 g/mol. The van der Waals surface area contributed by atoms with Crippen molar-refractivity contribution in [2.75, 3.05) is 13.7 Å². The summed E-state index contributed by atoms with van der Waals surface area (Å²) in [4.78, 5) is 35.5. The second kappa shape index (κ2) is 7.59. The molecule has 1 saturated heterocycles. The van der Waals surface area contributed by atoms with Gasteiger partial charge in [-0.3, -0.25) is 4.79 Å². The first-order valence-electron chi connectivity index (χ1n) is 7.07. The molecule has 0 aliphatic carbocycles. The first kappa shape index (κ1) is 16.8. The molecule has 0 aromatic heterocycles. The molecule has 2 atom stereocenters. The summed E-state index contributed by atoms with van der Waals surface area (Å²) in [6, 6.07) is 7.63. The number of rotatable bonds is 4. The zero-order valence-electron chi connectivity index (χ0n) is 12.6. The smallest absolute Gasteiger partial charge is 0.419 e. The second-order valence-electron chi connectivity index (χ2n) is 5.07. The van der Waals surface area contributed by atoms with Gasteiger partial charge in [-0.2, -0.15) is 0 Å². The van der Waals surface area contributed by atoms with Crippen LogP contribution in [-0.4, -0.2) is 53.9 Å². The molecule has 1 aromatic carbocycles. The van der Waals surface area contributed by atoms with Crippen LogP contribution in [0.5, 0.6) is 0 Å². The molecule has 23 heavy (non-hydrogen) atoms. The Morgan fingerprint density at radius 2 is 2.00 bits per heavy atom. The van der Waals surface area contributed by atoms with Crippen LogP contribution < -0.4 is 5.32 Å². The number of benzene rings is 1. The minimum absolute atomic E-state index is 0.0238. The number of methoxy groups -OCH3 is 1. The van der Waals surface area contributed by atoms with Gasteiger partial charge in [0.1, 0.15) is 12.6 Å². The van der Waals surface area contributed by atoms with Gasteiger partial charge in [0.05, 0.1) is 13.2 Å². The van der Waals surface area contributed by atoms with Gasteiger partial charge in [0.2, 0.25) is 0 Å². The average Bonchev–Trinajstić information content (AvgIpc) is 3.02. The molecule has 1 aliphatic heterocycles. The van der Waals surface area contributed by atoms with E-state index in [0.717, 1.165) is 5.56 Å². The molecule has 1 fully saturated rings. The van der Waals surface area contributed by atoms with E-state index in [1.54, 1.807) is 24.3 Å². The monoisotopic (exact) mass is 322 g/mol. The van der Waals surface area contributed by atoms with Gasteiger partial charge < -0.3 is 19.9 Å². The molecule has 8 heteroatoms. The molecule has 2 rings (SSSR count). The Morgan fingerprint density at radius 3 is 2.61 bits per heavy atom. The topological polar surface area (TPSA) is 105 Å². The lowest BCUT2D eigenvalue weighted by Gasteiger charge is -2.22. The van der Waals surface area contributed by atoms with Gasteiger partial charge in [0, 0.05) is 6.54 Å². The number of amides is 2. The standard InChI is InChI=1S/C15H18N2O6/c1-22-13(18)12-7-11(8-16-12)17(14(19)20)15(21)23-9-10-5-3-2-4-6-10/h2-6,11-12,16H,7-9H2,1H3,(H,19,20)/t11-,12-/m1/s1. The summed E-state index contributed by atoms with van der Waals surface area (Å²) in [5.41, 5.74) is 0.753. The highest BCUT2D eigenvalue weighted by molar-refractivity contribution is 5.87. The maximum atomic E-state index is 12.1. The Bertz CT molecular complexity index is 577. The summed E-state index contributed by atoms with van der Waals surface area (Å²) in [6.07, 6.45) is -2.22. The SMILES string of the molecule is COC(=O)[C@H]1C[C@@H](N(C(=O)O)C(=O)OCc2ccccc2)CN1. The molecule has 1 heterocycles. The minimum Gasteiger partial charge on any atom is -0.468 e. The van der Waals surface area contributed by atoms with Gasteiger partial charge in [0.15, 0.2) is 0 Å². The lowest BCUT2D eigenvalue weighted by molar-refractivity contribution is -0.142. The molecule has 0 bridgehead atoms. The summed E-state index contributed by atoms with van der Waals surface area (Å²) in [7, 11) is 1.25. The Balaban J connectivity index is 1.97. The van der Waals surface area contributed by atoms with Crippen molar-refractivity contribution in [1.82, 2.24) is 10.2 Å². The molecule has 1 aromatic rings. The van der Waals surface area contributed by atoms with Crippen molar-refractivity contribution in [3.8, 4) is 0 Å². The van der Waals surface area contributed by atoms with Gasteiger partial charge in [-0.1, -0.05) is 30.3 Å². The zero-order chi connectivity index (χ0) is 16.8. The van der Waals surface area contributed by atoms with Gasteiger partial charge in [-0.05, 0) is 12.0 Å². The third kappa shape index (κ3) is 4.19. The first-order valence-corrected chi connectivity index (χ1v) is 7.07. The molecule has 0 spiro atoms. The summed E-state index contributed by atoms with van der Waals surface area (Å²) in [5, 5.41) is 12.1. The number of hydrogen-bond acceptors (Lipinski definition) is 6. The Kier molecular flexibility index (Phi) is 5.53. The molecule has 0 unspecified atom stereocenters. The van der Waals surface area contributed by atoms with E-state index in [2.05, 4.69) is 10.1 Å². The van der Waals surface area contributed by atoms with E-state index in [1.165, 1.54) is 7.11 Å². The molecule has 2 amide bonds. The maximum Gasteiger partial charge on any atom is 0.419 e. The molecule has 1 aliphatic rings. The number of carbonyl (C=O) groups is 3. The highest BCUT2D eigenvalue weighted by atomic mass is 16.6. The fourth-order valence-electron chi connectivity index (χ4n) is 2.41. The Hall–Kier alpha value is -2.61.